The van der Waals surface area contributed by atoms with E-state index in [4.69, 9.17) is 11.6 Å². The van der Waals surface area contributed by atoms with E-state index in [0.717, 1.165) is 19.4 Å². The summed E-state index contributed by atoms with van der Waals surface area (Å²) >= 11 is 5.84. The van der Waals surface area contributed by atoms with E-state index in [2.05, 4.69) is 4.98 Å². The Morgan fingerprint density at radius 3 is 2.67 bits per heavy atom. The van der Waals surface area contributed by atoms with Crippen LogP contribution in [0.3, 0.4) is 0 Å². The average Bonchev–Trinajstić information content (AvgIpc) is 2.99. The third kappa shape index (κ3) is 3.00. The highest BCUT2D eigenvalue weighted by atomic mass is 35.5. The normalized spacial score (nSPS) is 23.5. The third-order valence-corrected chi connectivity index (χ3v) is 5.14. The van der Waals surface area contributed by atoms with Crippen molar-refractivity contribution in [3.8, 4) is 0 Å². The Morgan fingerprint density at radius 2 is 1.95 bits per heavy atom. The molecule has 0 bridgehead atoms. The van der Waals surface area contributed by atoms with Crippen LogP contribution in [0.25, 0.3) is 0 Å². The zero-order valence-corrected chi connectivity index (χ0v) is 12.9. The Morgan fingerprint density at radius 1 is 1.19 bits per heavy atom. The van der Waals surface area contributed by atoms with Crippen LogP contribution >= 0.6 is 11.6 Å². The number of carbonyl (C=O) groups is 1. The molecule has 0 aromatic carbocycles. The molecule has 1 aromatic heterocycles. The fraction of sp³-hybridized carbons (Fsp3) is 0.625. The summed E-state index contributed by atoms with van der Waals surface area (Å²) in [6.45, 7) is 0.816. The molecule has 1 saturated carbocycles. The lowest BCUT2D eigenvalue weighted by molar-refractivity contribution is 0.0661. The number of aromatic amines is 1. The van der Waals surface area contributed by atoms with Crippen LogP contribution in [0, 0.1) is 5.92 Å². The zero-order chi connectivity index (χ0) is 14.8. The van der Waals surface area contributed by atoms with Crippen molar-refractivity contribution < 1.29 is 4.79 Å². The Kier molecular flexibility index (Phi) is 4.34. The molecule has 1 amide bonds. The minimum atomic E-state index is -0.349. The van der Waals surface area contributed by atoms with Gasteiger partial charge in [-0.15, -0.1) is 0 Å². The quantitative estimate of drug-likeness (QED) is 0.912. The summed E-state index contributed by atoms with van der Waals surface area (Å²) in [6.07, 6.45) is 10.0. The van der Waals surface area contributed by atoms with Gasteiger partial charge >= 0.3 is 0 Å². The minimum Gasteiger partial charge on any atom is -0.335 e. The average molecular weight is 309 g/mol. The smallest absolute Gasteiger partial charge is 0.266 e. The van der Waals surface area contributed by atoms with Crippen LogP contribution in [0.5, 0.6) is 0 Å². The van der Waals surface area contributed by atoms with Gasteiger partial charge in [-0.25, -0.2) is 0 Å². The molecule has 2 heterocycles. The number of nitrogens with one attached hydrogen (secondary N) is 1. The Hall–Kier alpha value is -1.29. The van der Waals surface area contributed by atoms with E-state index in [1.54, 1.807) is 0 Å². The molecule has 1 saturated heterocycles. The highest BCUT2D eigenvalue weighted by Crippen LogP contribution is 2.34. The number of hydrogen-bond acceptors (Lipinski definition) is 2. The number of H-pyrrole nitrogens is 1. The molecule has 0 unspecified atom stereocenters. The predicted octanol–water partition coefficient (Wildman–Crippen LogP) is 3.21. The molecule has 1 aromatic rings. The van der Waals surface area contributed by atoms with Crippen molar-refractivity contribution in [2.75, 3.05) is 6.54 Å². The lowest BCUT2D eigenvalue weighted by Crippen LogP contribution is -2.41. The van der Waals surface area contributed by atoms with Crippen LogP contribution in [0.4, 0.5) is 0 Å². The van der Waals surface area contributed by atoms with Crippen molar-refractivity contribution in [2.45, 2.75) is 51.0 Å². The zero-order valence-electron chi connectivity index (χ0n) is 12.1. The molecule has 1 aliphatic heterocycles. The van der Waals surface area contributed by atoms with E-state index in [-0.39, 0.29) is 16.5 Å². The highest BCUT2D eigenvalue weighted by molar-refractivity contribution is 6.30. The van der Waals surface area contributed by atoms with Gasteiger partial charge in [-0.05, 0) is 37.7 Å². The van der Waals surface area contributed by atoms with Crippen LogP contribution in [-0.2, 0) is 0 Å². The van der Waals surface area contributed by atoms with Gasteiger partial charge in [0.05, 0.1) is 5.56 Å². The molecule has 21 heavy (non-hydrogen) atoms. The third-order valence-electron chi connectivity index (χ3n) is 4.86. The molecule has 0 spiro atoms. The maximum Gasteiger partial charge on any atom is 0.266 e. The molecule has 2 fully saturated rings. The molecule has 4 nitrogen and oxygen atoms in total. The van der Waals surface area contributed by atoms with Crippen molar-refractivity contribution in [3.05, 3.63) is 33.2 Å². The second-order valence-corrected chi connectivity index (χ2v) is 6.58. The Bertz CT molecular complexity index is 578. The van der Waals surface area contributed by atoms with Gasteiger partial charge in [-0.3, -0.25) is 9.59 Å². The van der Waals surface area contributed by atoms with Gasteiger partial charge in [-0.2, -0.15) is 0 Å². The van der Waals surface area contributed by atoms with E-state index < -0.39 is 0 Å². The summed E-state index contributed by atoms with van der Waals surface area (Å²) in [5.41, 5.74) is 0.140. The first-order valence-electron chi connectivity index (χ1n) is 7.86. The number of pyridine rings is 1. The molecule has 3 rings (SSSR count). The molecule has 2 aliphatic rings. The number of carbonyl (C=O) groups excluding carboxylic acids is 1. The summed E-state index contributed by atoms with van der Waals surface area (Å²) < 4.78 is 0. The molecule has 1 N–H and O–H groups in total. The van der Waals surface area contributed by atoms with Crippen molar-refractivity contribution >= 4 is 17.5 Å². The van der Waals surface area contributed by atoms with Crippen LogP contribution in [0.2, 0.25) is 5.02 Å². The number of nitrogens with zero attached hydrogens (tertiary/aromatic N) is 1. The fourth-order valence-corrected chi connectivity index (χ4v) is 3.97. The van der Waals surface area contributed by atoms with Gasteiger partial charge in [0.2, 0.25) is 0 Å². The second-order valence-electron chi connectivity index (χ2n) is 6.17. The Balaban J connectivity index is 1.78. The van der Waals surface area contributed by atoms with Gasteiger partial charge in [0.15, 0.2) is 0 Å². The first kappa shape index (κ1) is 14.6. The maximum atomic E-state index is 12.7. The van der Waals surface area contributed by atoms with E-state index in [0.29, 0.717) is 17.5 Å². The molecule has 114 valence electrons. The number of halogens is 1. The summed E-state index contributed by atoms with van der Waals surface area (Å²) in [4.78, 5) is 28.6. The van der Waals surface area contributed by atoms with E-state index >= 15 is 0 Å². The van der Waals surface area contributed by atoms with Crippen LogP contribution in [0.15, 0.2) is 17.1 Å². The van der Waals surface area contributed by atoms with E-state index in [1.165, 1.54) is 44.4 Å². The monoisotopic (exact) mass is 308 g/mol. The van der Waals surface area contributed by atoms with Gasteiger partial charge < -0.3 is 9.88 Å². The number of hydrogen-bond donors (Lipinski definition) is 1. The van der Waals surface area contributed by atoms with Gasteiger partial charge in [0.1, 0.15) is 5.02 Å². The standard InChI is InChI=1S/C16H21ClN2O2/c17-13-9-12(10-18-15(13)20)16(21)19-8-4-7-14(19)11-5-2-1-3-6-11/h9-11,14H,1-8H2,(H,18,20)/t14-/m1/s1. The molecular formula is C16H21ClN2O2. The van der Waals surface area contributed by atoms with Crippen LogP contribution < -0.4 is 5.56 Å². The first-order valence-corrected chi connectivity index (χ1v) is 8.24. The van der Waals surface area contributed by atoms with Crippen molar-refractivity contribution in [3.63, 3.8) is 0 Å². The molecule has 5 heteroatoms. The number of rotatable bonds is 2. The molecule has 0 radical (unpaired) electrons. The molecule has 1 atom stereocenters. The number of likely N-dealkylation sites (tertiary alicyclic amines) is 1. The summed E-state index contributed by atoms with van der Waals surface area (Å²) in [5.74, 6) is 0.643. The van der Waals surface area contributed by atoms with E-state index in [1.807, 2.05) is 4.90 Å². The van der Waals surface area contributed by atoms with Crippen molar-refractivity contribution in [1.29, 1.82) is 0 Å². The minimum absolute atomic E-state index is 0.00113. The lowest BCUT2D eigenvalue weighted by atomic mass is 9.83. The van der Waals surface area contributed by atoms with E-state index in [9.17, 15) is 9.59 Å². The highest BCUT2D eigenvalue weighted by Gasteiger charge is 2.35. The van der Waals surface area contributed by atoms with Crippen molar-refractivity contribution in [2.24, 2.45) is 5.92 Å². The van der Waals surface area contributed by atoms with Gasteiger partial charge in [0, 0.05) is 18.8 Å². The van der Waals surface area contributed by atoms with Gasteiger partial charge in [0.25, 0.3) is 11.5 Å². The largest absolute Gasteiger partial charge is 0.335 e. The Labute approximate surface area is 129 Å². The fourth-order valence-electron chi connectivity index (χ4n) is 3.80. The first-order chi connectivity index (χ1) is 10.2. The van der Waals surface area contributed by atoms with Crippen LogP contribution in [0.1, 0.15) is 55.3 Å². The SMILES string of the molecule is O=C(c1c[nH]c(=O)c(Cl)c1)N1CCC[C@@H]1C1CCCCC1. The maximum absolute atomic E-state index is 12.7. The lowest BCUT2D eigenvalue weighted by Gasteiger charge is -2.34. The van der Waals surface area contributed by atoms with Gasteiger partial charge in [-0.1, -0.05) is 30.9 Å². The summed E-state index contributed by atoms with van der Waals surface area (Å²) in [7, 11) is 0. The topological polar surface area (TPSA) is 53.2 Å². The summed E-state index contributed by atoms with van der Waals surface area (Å²) in [5, 5.41) is 0.0780. The van der Waals surface area contributed by atoms with Crippen LogP contribution in [-0.4, -0.2) is 28.4 Å². The number of amides is 1. The second kappa shape index (κ2) is 6.22. The summed E-state index contributed by atoms with van der Waals surface area (Å²) in [6, 6.07) is 1.85. The molecule has 1 aliphatic carbocycles. The molecular weight excluding hydrogens is 288 g/mol. The predicted molar refractivity (Wildman–Crippen MR) is 82.7 cm³/mol. The van der Waals surface area contributed by atoms with Crippen molar-refractivity contribution in [1.82, 2.24) is 9.88 Å². The number of aromatic nitrogens is 1.